The molecule has 1 aliphatic heterocycles. The van der Waals surface area contributed by atoms with Crippen LogP contribution in [0.4, 0.5) is 5.95 Å². The zero-order valence-corrected chi connectivity index (χ0v) is 15.1. The van der Waals surface area contributed by atoms with E-state index in [0.717, 1.165) is 57.0 Å². The predicted octanol–water partition coefficient (Wildman–Crippen LogP) is 2.27. The minimum Gasteiger partial charge on any atom is -0.351 e. The third-order valence-corrected chi connectivity index (χ3v) is 5.51. The summed E-state index contributed by atoms with van der Waals surface area (Å²) in [7, 11) is 0. The monoisotopic (exact) mass is 355 g/mol. The molecule has 0 unspecified atom stereocenters. The van der Waals surface area contributed by atoms with E-state index < -0.39 is 0 Å². The maximum atomic E-state index is 13.0. The summed E-state index contributed by atoms with van der Waals surface area (Å²) >= 11 is 0. The largest absolute Gasteiger partial charge is 0.351 e. The van der Waals surface area contributed by atoms with Crippen molar-refractivity contribution in [2.24, 2.45) is 0 Å². The van der Waals surface area contributed by atoms with Gasteiger partial charge in [-0.05, 0) is 51.8 Å². The zero-order valence-electron chi connectivity index (χ0n) is 15.1. The molecule has 1 saturated heterocycles. The van der Waals surface area contributed by atoms with Crippen LogP contribution in [0.2, 0.25) is 0 Å². The Kier molecular flexibility index (Phi) is 4.72. The first kappa shape index (κ1) is 17.1. The van der Waals surface area contributed by atoms with Gasteiger partial charge in [-0.1, -0.05) is 12.8 Å². The summed E-state index contributed by atoms with van der Waals surface area (Å²) < 4.78 is 1.74. The van der Waals surface area contributed by atoms with Gasteiger partial charge in [0, 0.05) is 23.7 Å². The maximum absolute atomic E-state index is 13.0. The van der Waals surface area contributed by atoms with Crippen LogP contribution in [0.5, 0.6) is 0 Å². The molecule has 0 aromatic carbocycles. The Balaban J connectivity index is 1.79. The molecule has 0 radical (unpaired) electrons. The lowest BCUT2D eigenvalue weighted by atomic mass is 10.1. The van der Waals surface area contributed by atoms with Crippen molar-refractivity contribution in [1.29, 1.82) is 0 Å². The Morgan fingerprint density at radius 3 is 2.65 bits per heavy atom. The molecule has 7 heteroatoms. The number of pyridine rings is 1. The second-order valence-corrected chi connectivity index (χ2v) is 7.37. The average Bonchev–Trinajstić information content (AvgIpc) is 3.16. The number of fused-ring (bicyclic) bond motifs is 1. The van der Waals surface area contributed by atoms with Crippen LogP contribution in [0.25, 0.3) is 11.0 Å². The average molecular weight is 355 g/mol. The number of hydrogen-bond donors (Lipinski definition) is 2. The highest BCUT2D eigenvalue weighted by Gasteiger charge is 2.24. The Labute approximate surface area is 152 Å². The van der Waals surface area contributed by atoms with Crippen molar-refractivity contribution in [1.82, 2.24) is 19.9 Å². The Hall–Kier alpha value is -2.28. The SMILES string of the molecule is CC(=O)c1cc2cnc(NC3CCNCC3)nc2n(C2CCCC2)c1=O. The highest BCUT2D eigenvalue weighted by molar-refractivity contribution is 5.96. The predicted molar refractivity (Wildman–Crippen MR) is 101 cm³/mol. The number of carbonyl (C=O) groups is 1. The molecule has 138 valence electrons. The van der Waals surface area contributed by atoms with Gasteiger partial charge < -0.3 is 10.6 Å². The summed E-state index contributed by atoms with van der Waals surface area (Å²) in [6.45, 7) is 3.41. The fourth-order valence-corrected chi connectivity index (χ4v) is 4.09. The highest BCUT2D eigenvalue weighted by atomic mass is 16.1. The Morgan fingerprint density at radius 1 is 1.23 bits per heavy atom. The van der Waals surface area contributed by atoms with Crippen LogP contribution in [0.1, 0.15) is 61.8 Å². The molecule has 1 aliphatic carbocycles. The van der Waals surface area contributed by atoms with Crippen molar-refractivity contribution in [3.63, 3.8) is 0 Å². The van der Waals surface area contributed by atoms with E-state index in [9.17, 15) is 9.59 Å². The van der Waals surface area contributed by atoms with Crippen LogP contribution in [0.15, 0.2) is 17.1 Å². The van der Waals surface area contributed by atoms with E-state index in [1.165, 1.54) is 6.92 Å². The molecule has 4 rings (SSSR count). The molecule has 0 bridgehead atoms. The van der Waals surface area contributed by atoms with E-state index in [2.05, 4.69) is 20.6 Å². The molecule has 0 amide bonds. The van der Waals surface area contributed by atoms with Gasteiger partial charge in [-0.25, -0.2) is 4.98 Å². The zero-order chi connectivity index (χ0) is 18.1. The second kappa shape index (κ2) is 7.15. The molecule has 2 aliphatic rings. The van der Waals surface area contributed by atoms with Gasteiger partial charge >= 0.3 is 0 Å². The van der Waals surface area contributed by atoms with Gasteiger partial charge in [-0.2, -0.15) is 4.98 Å². The molecule has 2 fully saturated rings. The lowest BCUT2D eigenvalue weighted by Crippen LogP contribution is -2.36. The fourth-order valence-electron chi connectivity index (χ4n) is 4.09. The smallest absolute Gasteiger partial charge is 0.263 e. The molecule has 7 nitrogen and oxygen atoms in total. The van der Waals surface area contributed by atoms with Crippen LogP contribution in [-0.4, -0.2) is 39.4 Å². The summed E-state index contributed by atoms with van der Waals surface area (Å²) in [6, 6.07) is 2.10. The number of ketones is 1. The van der Waals surface area contributed by atoms with E-state index in [0.29, 0.717) is 17.6 Å². The summed E-state index contributed by atoms with van der Waals surface area (Å²) in [5, 5.41) is 7.49. The van der Waals surface area contributed by atoms with Gasteiger partial charge in [0.1, 0.15) is 5.65 Å². The molecular weight excluding hydrogens is 330 g/mol. The molecule has 26 heavy (non-hydrogen) atoms. The van der Waals surface area contributed by atoms with Gasteiger partial charge in [0.05, 0.1) is 5.56 Å². The van der Waals surface area contributed by atoms with Gasteiger partial charge in [0.15, 0.2) is 5.78 Å². The summed E-state index contributed by atoms with van der Waals surface area (Å²) in [4.78, 5) is 34.0. The van der Waals surface area contributed by atoms with Gasteiger partial charge in [-0.15, -0.1) is 0 Å². The van der Waals surface area contributed by atoms with E-state index >= 15 is 0 Å². The Morgan fingerprint density at radius 2 is 1.96 bits per heavy atom. The number of aromatic nitrogens is 3. The van der Waals surface area contributed by atoms with E-state index in [1.54, 1.807) is 16.8 Å². The van der Waals surface area contributed by atoms with Crippen molar-refractivity contribution in [2.45, 2.75) is 57.5 Å². The van der Waals surface area contributed by atoms with E-state index in [4.69, 9.17) is 0 Å². The van der Waals surface area contributed by atoms with Gasteiger partial charge in [0.2, 0.25) is 5.95 Å². The van der Waals surface area contributed by atoms with E-state index in [1.807, 2.05) is 0 Å². The number of hydrogen-bond acceptors (Lipinski definition) is 6. The third kappa shape index (κ3) is 3.23. The quantitative estimate of drug-likeness (QED) is 0.818. The van der Waals surface area contributed by atoms with Crippen molar-refractivity contribution in [2.75, 3.05) is 18.4 Å². The lowest BCUT2D eigenvalue weighted by molar-refractivity contribution is 0.101. The number of Topliss-reactive ketones (excluding diaryl/α,β-unsaturated/α-hetero) is 1. The number of nitrogens with zero attached hydrogens (tertiary/aromatic N) is 3. The van der Waals surface area contributed by atoms with E-state index in [-0.39, 0.29) is 22.9 Å². The minimum absolute atomic E-state index is 0.117. The normalized spacial score (nSPS) is 19.1. The lowest BCUT2D eigenvalue weighted by Gasteiger charge is -2.24. The molecule has 2 aromatic rings. The van der Waals surface area contributed by atoms with Gasteiger partial charge in [0.25, 0.3) is 5.56 Å². The van der Waals surface area contributed by atoms with Crippen LogP contribution in [0.3, 0.4) is 0 Å². The maximum Gasteiger partial charge on any atom is 0.263 e. The molecule has 0 atom stereocenters. The summed E-state index contributed by atoms with van der Waals surface area (Å²) in [5.41, 5.74) is 0.647. The van der Waals surface area contributed by atoms with Crippen LogP contribution in [-0.2, 0) is 0 Å². The molecular formula is C19H25N5O2. The number of rotatable bonds is 4. The topological polar surface area (TPSA) is 88.9 Å². The van der Waals surface area contributed by atoms with Crippen molar-refractivity contribution >= 4 is 22.8 Å². The van der Waals surface area contributed by atoms with Crippen LogP contribution < -0.4 is 16.2 Å². The number of nitrogens with one attached hydrogen (secondary N) is 2. The minimum atomic E-state index is -0.219. The second-order valence-electron chi connectivity index (χ2n) is 7.37. The number of carbonyl (C=O) groups excluding carboxylic acids is 1. The molecule has 2 aromatic heterocycles. The Bertz CT molecular complexity index is 879. The first-order valence-corrected chi connectivity index (χ1v) is 9.54. The van der Waals surface area contributed by atoms with Crippen molar-refractivity contribution in [3.8, 4) is 0 Å². The van der Waals surface area contributed by atoms with Gasteiger partial charge in [-0.3, -0.25) is 14.2 Å². The van der Waals surface area contributed by atoms with Crippen molar-refractivity contribution in [3.05, 3.63) is 28.2 Å². The summed E-state index contributed by atoms with van der Waals surface area (Å²) in [6.07, 6.45) is 7.90. The standard InChI is InChI=1S/C19H25N5O2/c1-12(25)16-10-13-11-21-19(22-14-6-8-20-9-7-14)23-17(13)24(18(16)26)15-4-2-3-5-15/h10-11,14-15,20H,2-9H2,1H3,(H,21,22,23). The third-order valence-electron chi connectivity index (χ3n) is 5.51. The molecule has 1 saturated carbocycles. The highest BCUT2D eigenvalue weighted by Crippen LogP contribution is 2.30. The van der Waals surface area contributed by atoms with Crippen LogP contribution in [0, 0.1) is 0 Å². The fraction of sp³-hybridized carbons (Fsp3) is 0.579. The van der Waals surface area contributed by atoms with Crippen molar-refractivity contribution < 1.29 is 4.79 Å². The summed E-state index contributed by atoms with van der Waals surface area (Å²) in [5.74, 6) is 0.353. The number of anilines is 1. The molecule has 3 heterocycles. The number of piperidine rings is 1. The first-order chi connectivity index (χ1) is 12.6. The molecule has 0 spiro atoms. The molecule has 2 N–H and O–H groups in total. The first-order valence-electron chi connectivity index (χ1n) is 9.54. The van der Waals surface area contributed by atoms with Crippen LogP contribution >= 0.6 is 0 Å².